The summed E-state index contributed by atoms with van der Waals surface area (Å²) in [4.78, 5) is 17.2. The van der Waals surface area contributed by atoms with Crippen LogP contribution < -0.4 is 10.9 Å². The highest BCUT2D eigenvalue weighted by Crippen LogP contribution is 2.24. The lowest BCUT2D eigenvalue weighted by Gasteiger charge is -2.01. The van der Waals surface area contributed by atoms with Gasteiger partial charge in [0, 0.05) is 16.8 Å². The summed E-state index contributed by atoms with van der Waals surface area (Å²) in [5.41, 5.74) is 0.466. The molecule has 2 heterocycles. The molecule has 0 saturated carbocycles. The van der Waals surface area contributed by atoms with Crippen LogP contribution in [0.3, 0.4) is 0 Å². The highest BCUT2D eigenvalue weighted by Gasteiger charge is 2.12. The van der Waals surface area contributed by atoms with Gasteiger partial charge < -0.3 is 5.32 Å². The standard InChI is InChI=1S/C15H7ClF2N4OS/c16-7-1-4-12-9(5-7)13(23)22-15(20-12)24-14(21-22)19-8-2-3-10(17)11(18)6-8/h1-6H,(H,19,21). The van der Waals surface area contributed by atoms with Crippen LogP contribution in [0, 0.1) is 11.6 Å². The zero-order chi connectivity index (χ0) is 16.8. The Morgan fingerprint density at radius 3 is 2.75 bits per heavy atom. The van der Waals surface area contributed by atoms with E-state index < -0.39 is 11.6 Å². The van der Waals surface area contributed by atoms with Gasteiger partial charge in [-0.1, -0.05) is 22.9 Å². The molecule has 24 heavy (non-hydrogen) atoms. The van der Waals surface area contributed by atoms with Crippen molar-refractivity contribution in [3.8, 4) is 0 Å². The van der Waals surface area contributed by atoms with Crippen LogP contribution in [0.1, 0.15) is 0 Å². The first-order valence-electron chi connectivity index (χ1n) is 6.72. The average Bonchev–Trinajstić information content (AvgIpc) is 2.95. The van der Waals surface area contributed by atoms with Gasteiger partial charge in [0.05, 0.1) is 10.9 Å². The van der Waals surface area contributed by atoms with Crippen LogP contribution in [0.2, 0.25) is 5.02 Å². The summed E-state index contributed by atoms with van der Waals surface area (Å²) in [6, 6.07) is 8.21. The van der Waals surface area contributed by atoms with E-state index >= 15 is 0 Å². The Balaban J connectivity index is 1.83. The SMILES string of the molecule is O=c1c2cc(Cl)ccc2nc2sc(Nc3ccc(F)c(F)c3)nn12. The fourth-order valence-corrected chi connectivity index (χ4v) is 3.22. The van der Waals surface area contributed by atoms with Crippen LogP contribution in [0.4, 0.5) is 19.6 Å². The van der Waals surface area contributed by atoms with Gasteiger partial charge in [-0.25, -0.2) is 13.8 Å². The second-order valence-corrected chi connectivity index (χ2v) is 6.33. The molecule has 120 valence electrons. The molecule has 0 aliphatic rings. The fourth-order valence-electron chi connectivity index (χ4n) is 2.23. The molecule has 2 aromatic heterocycles. The first-order valence-corrected chi connectivity index (χ1v) is 7.92. The fraction of sp³-hybridized carbons (Fsp3) is 0. The van der Waals surface area contributed by atoms with Crippen molar-refractivity contribution in [2.24, 2.45) is 0 Å². The Labute approximate surface area is 142 Å². The van der Waals surface area contributed by atoms with E-state index in [1.807, 2.05) is 0 Å². The first kappa shape index (κ1) is 15.0. The Hall–Kier alpha value is -2.58. The van der Waals surface area contributed by atoms with E-state index in [1.165, 1.54) is 12.1 Å². The molecular weight excluding hydrogens is 358 g/mol. The number of benzene rings is 2. The monoisotopic (exact) mass is 364 g/mol. The third-order valence-electron chi connectivity index (χ3n) is 3.33. The molecule has 0 saturated heterocycles. The maximum atomic E-state index is 13.3. The Bertz CT molecular complexity index is 1160. The minimum atomic E-state index is -0.975. The number of hydrogen-bond acceptors (Lipinski definition) is 5. The van der Waals surface area contributed by atoms with Crippen LogP contribution >= 0.6 is 22.9 Å². The highest BCUT2D eigenvalue weighted by atomic mass is 35.5. The molecule has 0 aliphatic carbocycles. The Morgan fingerprint density at radius 2 is 1.96 bits per heavy atom. The van der Waals surface area contributed by atoms with Gasteiger partial charge in [-0.3, -0.25) is 4.79 Å². The predicted octanol–water partition coefficient (Wildman–Crippen LogP) is 3.98. The van der Waals surface area contributed by atoms with Gasteiger partial charge in [0.25, 0.3) is 5.56 Å². The summed E-state index contributed by atoms with van der Waals surface area (Å²) in [5.74, 6) is -1.91. The minimum absolute atomic E-state index is 0.314. The molecule has 0 amide bonds. The van der Waals surface area contributed by atoms with Crippen LogP contribution in [-0.2, 0) is 0 Å². The number of halogens is 3. The molecule has 0 radical (unpaired) electrons. The van der Waals surface area contributed by atoms with Gasteiger partial charge in [-0.2, -0.15) is 4.52 Å². The topological polar surface area (TPSA) is 59.3 Å². The largest absolute Gasteiger partial charge is 0.330 e. The van der Waals surface area contributed by atoms with Gasteiger partial charge in [0.1, 0.15) is 0 Å². The summed E-state index contributed by atoms with van der Waals surface area (Å²) in [6.45, 7) is 0. The summed E-state index contributed by atoms with van der Waals surface area (Å²) >= 11 is 7.03. The lowest BCUT2D eigenvalue weighted by atomic mass is 10.2. The Kier molecular flexibility index (Phi) is 3.43. The van der Waals surface area contributed by atoms with Gasteiger partial charge in [-0.15, -0.1) is 5.10 Å². The maximum absolute atomic E-state index is 13.3. The van der Waals surface area contributed by atoms with Crippen molar-refractivity contribution in [2.45, 2.75) is 0 Å². The molecule has 0 fully saturated rings. The average molecular weight is 365 g/mol. The number of nitrogens with zero attached hydrogens (tertiary/aromatic N) is 3. The molecule has 2 aromatic carbocycles. The normalized spacial score (nSPS) is 11.3. The van der Waals surface area contributed by atoms with E-state index in [1.54, 1.807) is 12.1 Å². The Morgan fingerprint density at radius 1 is 1.12 bits per heavy atom. The molecule has 0 atom stereocenters. The van der Waals surface area contributed by atoms with Crippen LogP contribution in [0.25, 0.3) is 15.9 Å². The number of nitrogens with one attached hydrogen (secondary N) is 1. The summed E-state index contributed by atoms with van der Waals surface area (Å²) < 4.78 is 27.4. The number of fused-ring (bicyclic) bond motifs is 2. The zero-order valence-corrected chi connectivity index (χ0v) is 13.3. The van der Waals surface area contributed by atoms with Gasteiger partial charge in [0.2, 0.25) is 10.1 Å². The highest BCUT2D eigenvalue weighted by molar-refractivity contribution is 7.20. The van der Waals surface area contributed by atoms with Crippen LogP contribution in [-0.4, -0.2) is 14.6 Å². The second-order valence-electron chi connectivity index (χ2n) is 4.93. The van der Waals surface area contributed by atoms with E-state index in [-0.39, 0.29) is 5.56 Å². The first-order chi connectivity index (χ1) is 11.5. The molecular formula is C15H7ClF2N4OS. The molecule has 4 rings (SSSR count). The summed E-state index contributed by atoms with van der Waals surface area (Å²) in [6.07, 6.45) is 0. The van der Waals surface area contributed by atoms with Crippen molar-refractivity contribution in [2.75, 3.05) is 5.32 Å². The van der Waals surface area contributed by atoms with Crippen molar-refractivity contribution in [3.63, 3.8) is 0 Å². The van der Waals surface area contributed by atoms with Crippen molar-refractivity contribution in [1.29, 1.82) is 0 Å². The minimum Gasteiger partial charge on any atom is -0.330 e. The number of hydrogen-bond donors (Lipinski definition) is 1. The van der Waals surface area contributed by atoms with Gasteiger partial charge >= 0.3 is 0 Å². The van der Waals surface area contributed by atoms with Crippen molar-refractivity contribution in [3.05, 3.63) is 63.4 Å². The van der Waals surface area contributed by atoms with Crippen LogP contribution in [0.15, 0.2) is 41.2 Å². The third-order valence-corrected chi connectivity index (χ3v) is 4.39. The molecule has 0 spiro atoms. The summed E-state index contributed by atoms with van der Waals surface area (Å²) in [7, 11) is 0. The quantitative estimate of drug-likeness (QED) is 0.584. The second kappa shape index (κ2) is 5.50. The smallest absolute Gasteiger partial charge is 0.283 e. The van der Waals surface area contributed by atoms with Crippen molar-refractivity contribution < 1.29 is 8.78 Å². The third kappa shape index (κ3) is 2.49. The molecule has 0 unspecified atom stereocenters. The van der Waals surface area contributed by atoms with Crippen LogP contribution in [0.5, 0.6) is 0 Å². The lowest BCUT2D eigenvalue weighted by Crippen LogP contribution is -2.15. The molecule has 4 aromatic rings. The van der Waals surface area contributed by atoms with Gasteiger partial charge in [-0.05, 0) is 30.3 Å². The molecule has 1 N–H and O–H groups in total. The van der Waals surface area contributed by atoms with E-state index in [0.717, 1.165) is 28.0 Å². The molecule has 0 bridgehead atoms. The summed E-state index contributed by atoms with van der Waals surface area (Å²) in [5, 5.41) is 8.06. The van der Waals surface area contributed by atoms with E-state index in [9.17, 15) is 13.6 Å². The number of anilines is 2. The zero-order valence-electron chi connectivity index (χ0n) is 11.8. The predicted molar refractivity (Wildman–Crippen MR) is 89.3 cm³/mol. The molecule has 5 nitrogen and oxygen atoms in total. The lowest BCUT2D eigenvalue weighted by molar-refractivity contribution is 0.509. The maximum Gasteiger partial charge on any atom is 0.283 e. The number of aromatic nitrogens is 3. The molecule has 9 heteroatoms. The van der Waals surface area contributed by atoms with Crippen molar-refractivity contribution >= 4 is 49.6 Å². The van der Waals surface area contributed by atoms with E-state index in [0.29, 0.717) is 31.7 Å². The van der Waals surface area contributed by atoms with Gasteiger partial charge in [0.15, 0.2) is 11.6 Å². The van der Waals surface area contributed by atoms with Crippen molar-refractivity contribution in [1.82, 2.24) is 14.6 Å². The molecule has 0 aliphatic heterocycles. The van der Waals surface area contributed by atoms with E-state index in [4.69, 9.17) is 11.6 Å². The van der Waals surface area contributed by atoms with E-state index in [2.05, 4.69) is 15.4 Å². The number of rotatable bonds is 2.